The van der Waals surface area contributed by atoms with Crippen molar-refractivity contribution in [2.75, 3.05) is 13.1 Å². The normalized spacial score (nSPS) is 32.9. The molecular weight excluding hydrogens is 349 g/mol. The molecule has 1 aliphatic carbocycles. The van der Waals surface area contributed by atoms with Gasteiger partial charge in [0.2, 0.25) is 10.0 Å². The Morgan fingerprint density at radius 3 is 2.14 bits per heavy atom. The van der Waals surface area contributed by atoms with Gasteiger partial charge in [-0.05, 0) is 36.8 Å². The molecule has 4 atom stereocenters. The molecule has 22 heavy (non-hydrogen) atoms. The van der Waals surface area contributed by atoms with Crippen molar-refractivity contribution in [3.63, 3.8) is 0 Å². The molecule has 0 bridgehead atoms. The Balaban J connectivity index is 1.87. The molecule has 0 amide bonds. The van der Waals surface area contributed by atoms with Gasteiger partial charge in [-0.15, -0.1) is 0 Å². The van der Waals surface area contributed by atoms with Gasteiger partial charge in [0, 0.05) is 13.1 Å². The Kier molecular flexibility index (Phi) is 4.44. The number of aliphatic hydroxyl groups is 2. The SMILES string of the molecule is O=S(=O)(c1cccc(Cl)c1Cl)N1C[C@H]2C[C@H](O)[C@@H](O)C[C@H]2C1. The van der Waals surface area contributed by atoms with Crippen LogP contribution in [0.5, 0.6) is 0 Å². The summed E-state index contributed by atoms with van der Waals surface area (Å²) >= 11 is 11.9. The maximum Gasteiger partial charge on any atom is 0.244 e. The molecule has 2 aliphatic rings. The molecule has 1 saturated carbocycles. The minimum Gasteiger partial charge on any atom is -0.390 e. The zero-order valence-corrected chi connectivity index (χ0v) is 14.0. The van der Waals surface area contributed by atoms with Gasteiger partial charge in [-0.25, -0.2) is 8.42 Å². The minimum atomic E-state index is -3.73. The molecule has 5 nitrogen and oxygen atoms in total. The number of rotatable bonds is 2. The van der Waals surface area contributed by atoms with Gasteiger partial charge in [-0.2, -0.15) is 4.31 Å². The smallest absolute Gasteiger partial charge is 0.244 e. The minimum absolute atomic E-state index is 0.00131. The van der Waals surface area contributed by atoms with Gasteiger partial charge in [-0.1, -0.05) is 29.3 Å². The van der Waals surface area contributed by atoms with Gasteiger partial charge < -0.3 is 10.2 Å². The topological polar surface area (TPSA) is 77.8 Å². The first kappa shape index (κ1) is 16.5. The number of fused-ring (bicyclic) bond motifs is 1. The van der Waals surface area contributed by atoms with E-state index in [2.05, 4.69) is 0 Å². The fourth-order valence-electron chi connectivity index (χ4n) is 3.38. The number of hydrogen-bond acceptors (Lipinski definition) is 4. The molecule has 0 aromatic heterocycles. The lowest BCUT2D eigenvalue weighted by molar-refractivity contribution is -0.0372. The average Bonchev–Trinajstić information content (AvgIpc) is 2.86. The van der Waals surface area contributed by atoms with Gasteiger partial charge in [-0.3, -0.25) is 0 Å². The lowest BCUT2D eigenvalue weighted by Gasteiger charge is -2.31. The van der Waals surface area contributed by atoms with Crippen LogP contribution in [0.1, 0.15) is 12.8 Å². The highest BCUT2D eigenvalue weighted by Crippen LogP contribution is 2.40. The van der Waals surface area contributed by atoms with Crippen molar-refractivity contribution >= 4 is 33.2 Å². The molecule has 2 fully saturated rings. The maximum atomic E-state index is 12.8. The molecule has 1 saturated heterocycles. The van der Waals surface area contributed by atoms with Crippen LogP contribution in [0.15, 0.2) is 23.1 Å². The molecule has 8 heteroatoms. The number of nitrogens with zero attached hydrogens (tertiary/aromatic N) is 1. The lowest BCUT2D eigenvalue weighted by atomic mass is 9.79. The summed E-state index contributed by atoms with van der Waals surface area (Å²) in [5.41, 5.74) is 0. The van der Waals surface area contributed by atoms with E-state index in [-0.39, 0.29) is 26.8 Å². The number of hydrogen-bond donors (Lipinski definition) is 2. The second-order valence-corrected chi connectivity index (χ2v) is 8.69. The van der Waals surface area contributed by atoms with Crippen molar-refractivity contribution in [2.24, 2.45) is 11.8 Å². The van der Waals surface area contributed by atoms with E-state index in [4.69, 9.17) is 23.2 Å². The summed E-state index contributed by atoms with van der Waals surface area (Å²) in [7, 11) is -3.73. The van der Waals surface area contributed by atoms with Crippen LogP contribution in [0, 0.1) is 11.8 Å². The Morgan fingerprint density at radius 2 is 1.59 bits per heavy atom. The Labute approximate surface area is 139 Å². The van der Waals surface area contributed by atoms with Gasteiger partial charge in [0.1, 0.15) is 4.90 Å². The van der Waals surface area contributed by atoms with Crippen molar-refractivity contribution in [2.45, 2.75) is 29.9 Å². The number of benzene rings is 1. The fraction of sp³-hybridized carbons (Fsp3) is 0.571. The molecular formula is C14H17Cl2NO4S. The van der Waals surface area contributed by atoms with Gasteiger partial charge in [0.25, 0.3) is 0 Å². The molecule has 0 radical (unpaired) electrons. The van der Waals surface area contributed by atoms with Crippen LogP contribution in [0.25, 0.3) is 0 Å². The summed E-state index contributed by atoms with van der Waals surface area (Å²) in [6, 6.07) is 4.53. The van der Waals surface area contributed by atoms with Gasteiger partial charge in [0.05, 0.1) is 22.3 Å². The van der Waals surface area contributed by atoms with E-state index < -0.39 is 22.2 Å². The number of aliphatic hydroxyl groups excluding tert-OH is 2. The summed E-state index contributed by atoms with van der Waals surface area (Å²) in [5, 5.41) is 19.7. The van der Waals surface area contributed by atoms with Crippen LogP contribution >= 0.6 is 23.2 Å². The molecule has 1 heterocycles. The molecule has 1 aromatic rings. The van der Waals surface area contributed by atoms with Crippen LogP contribution in [-0.2, 0) is 10.0 Å². The quantitative estimate of drug-likeness (QED) is 0.836. The van der Waals surface area contributed by atoms with E-state index in [9.17, 15) is 18.6 Å². The van der Waals surface area contributed by atoms with Crippen LogP contribution in [0.3, 0.4) is 0 Å². The van der Waals surface area contributed by atoms with E-state index in [1.165, 1.54) is 10.4 Å². The van der Waals surface area contributed by atoms with Crippen LogP contribution in [-0.4, -0.2) is 48.2 Å². The van der Waals surface area contributed by atoms with Crippen LogP contribution in [0.2, 0.25) is 10.0 Å². The van der Waals surface area contributed by atoms with Crippen molar-refractivity contribution in [3.8, 4) is 0 Å². The summed E-state index contributed by atoms with van der Waals surface area (Å²) in [6.07, 6.45) is -0.722. The first-order chi connectivity index (χ1) is 10.3. The van der Waals surface area contributed by atoms with E-state index in [1.54, 1.807) is 12.1 Å². The van der Waals surface area contributed by atoms with E-state index in [0.29, 0.717) is 25.9 Å². The predicted octanol–water partition coefficient (Wildman–Crippen LogP) is 1.75. The largest absolute Gasteiger partial charge is 0.390 e. The predicted molar refractivity (Wildman–Crippen MR) is 83.4 cm³/mol. The van der Waals surface area contributed by atoms with Gasteiger partial charge in [0.15, 0.2) is 0 Å². The number of halogens is 2. The fourth-order valence-corrected chi connectivity index (χ4v) is 5.67. The molecule has 0 unspecified atom stereocenters. The highest BCUT2D eigenvalue weighted by atomic mass is 35.5. The van der Waals surface area contributed by atoms with Crippen molar-refractivity contribution in [1.82, 2.24) is 4.31 Å². The van der Waals surface area contributed by atoms with Crippen molar-refractivity contribution in [1.29, 1.82) is 0 Å². The summed E-state index contributed by atoms with van der Waals surface area (Å²) in [6.45, 7) is 0.666. The monoisotopic (exact) mass is 365 g/mol. The Hall–Kier alpha value is -0.370. The molecule has 3 rings (SSSR count). The average molecular weight is 366 g/mol. The second-order valence-electron chi connectivity index (χ2n) is 6.00. The lowest BCUT2D eigenvalue weighted by Crippen LogP contribution is -2.38. The Bertz CT molecular complexity index is 663. The third-order valence-electron chi connectivity index (χ3n) is 4.61. The summed E-state index contributed by atoms with van der Waals surface area (Å²) < 4.78 is 26.9. The standard InChI is InChI=1S/C14H17Cl2NO4S/c15-10-2-1-3-13(14(10)16)22(20,21)17-6-8-4-11(18)12(19)5-9(8)7-17/h1-3,8-9,11-12,18-19H,4-7H2/t8-,9+,11-,12-/m0/s1. The first-order valence-electron chi connectivity index (χ1n) is 7.11. The van der Waals surface area contributed by atoms with Crippen molar-refractivity contribution in [3.05, 3.63) is 28.2 Å². The second kappa shape index (κ2) is 5.92. The first-order valence-corrected chi connectivity index (χ1v) is 9.30. The zero-order chi connectivity index (χ0) is 16.1. The molecule has 1 aliphatic heterocycles. The highest BCUT2D eigenvalue weighted by Gasteiger charge is 2.45. The van der Waals surface area contributed by atoms with Gasteiger partial charge >= 0.3 is 0 Å². The van der Waals surface area contributed by atoms with Crippen LogP contribution < -0.4 is 0 Å². The molecule has 0 spiro atoms. The highest BCUT2D eigenvalue weighted by molar-refractivity contribution is 7.89. The van der Waals surface area contributed by atoms with E-state index >= 15 is 0 Å². The number of sulfonamides is 1. The third-order valence-corrected chi connectivity index (χ3v) is 7.41. The van der Waals surface area contributed by atoms with Crippen molar-refractivity contribution < 1.29 is 18.6 Å². The zero-order valence-electron chi connectivity index (χ0n) is 11.7. The molecule has 1 aromatic carbocycles. The summed E-state index contributed by atoms with van der Waals surface area (Å²) in [5.74, 6) is 0.122. The van der Waals surface area contributed by atoms with Crippen LogP contribution in [0.4, 0.5) is 0 Å². The third kappa shape index (κ3) is 2.77. The molecule has 2 N–H and O–H groups in total. The summed E-state index contributed by atoms with van der Waals surface area (Å²) in [4.78, 5) is 0.00131. The van der Waals surface area contributed by atoms with E-state index in [1.807, 2.05) is 0 Å². The Morgan fingerprint density at radius 1 is 1.05 bits per heavy atom. The van der Waals surface area contributed by atoms with E-state index in [0.717, 1.165) is 0 Å². The molecule has 122 valence electrons. The maximum absolute atomic E-state index is 12.8.